The molecule has 1 aliphatic heterocycles. The van der Waals surface area contributed by atoms with Gasteiger partial charge in [0.2, 0.25) is 0 Å². The topological polar surface area (TPSA) is 73.1 Å². The molecule has 1 aromatic carbocycles. The van der Waals surface area contributed by atoms with E-state index in [0.717, 1.165) is 25.1 Å². The second-order valence-corrected chi connectivity index (χ2v) is 7.20. The standard InChI is InChI=1S/C19H22F2N4O/c20-16(21)13-6-7-15-14(8-13)18(23-9-19(22)10-26-11-19)25-17(24-15)12-4-2-1-3-5-12/h1-2,6-8,12,16H,3-5,9-11,22H2,(H,23,24,25). The number of nitrogens with one attached hydrogen (secondary N) is 1. The Balaban J connectivity index is 1.72. The van der Waals surface area contributed by atoms with E-state index in [0.29, 0.717) is 36.5 Å². The van der Waals surface area contributed by atoms with E-state index in [1.165, 1.54) is 12.1 Å². The number of anilines is 1. The highest BCUT2D eigenvalue weighted by Gasteiger charge is 2.34. The molecule has 3 N–H and O–H groups in total. The number of nitrogens with zero attached hydrogens (tertiary/aromatic N) is 2. The van der Waals surface area contributed by atoms with Gasteiger partial charge in [0.05, 0.1) is 24.3 Å². The largest absolute Gasteiger partial charge is 0.377 e. The van der Waals surface area contributed by atoms with Crippen LogP contribution in [0.2, 0.25) is 0 Å². The number of fused-ring (bicyclic) bond motifs is 1. The van der Waals surface area contributed by atoms with Gasteiger partial charge in [-0.2, -0.15) is 0 Å². The molecule has 0 saturated carbocycles. The molecule has 2 heterocycles. The third-order valence-electron chi connectivity index (χ3n) is 5.01. The maximum absolute atomic E-state index is 13.1. The van der Waals surface area contributed by atoms with E-state index in [1.807, 2.05) is 0 Å². The minimum Gasteiger partial charge on any atom is -0.377 e. The van der Waals surface area contributed by atoms with Crippen LogP contribution in [0.15, 0.2) is 30.4 Å². The van der Waals surface area contributed by atoms with Crippen molar-refractivity contribution in [3.8, 4) is 0 Å². The van der Waals surface area contributed by atoms with Gasteiger partial charge in [0.1, 0.15) is 11.6 Å². The third-order valence-corrected chi connectivity index (χ3v) is 5.01. The predicted molar refractivity (Wildman–Crippen MR) is 96.5 cm³/mol. The Labute approximate surface area is 150 Å². The molecule has 7 heteroatoms. The minimum atomic E-state index is -2.53. The van der Waals surface area contributed by atoms with Crippen molar-refractivity contribution in [2.24, 2.45) is 5.73 Å². The zero-order valence-corrected chi connectivity index (χ0v) is 14.4. The van der Waals surface area contributed by atoms with Crippen molar-refractivity contribution >= 4 is 16.7 Å². The van der Waals surface area contributed by atoms with Crippen LogP contribution in [-0.4, -0.2) is 35.3 Å². The molecule has 0 bridgehead atoms. The van der Waals surface area contributed by atoms with E-state index in [9.17, 15) is 8.78 Å². The Morgan fingerprint density at radius 3 is 2.77 bits per heavy atom. The van der Waals surface area contributed by atoms with Gasteiger partial charge in [-0.15, -0.1) is 0 Å². The molecule has 4 rings (SSSR count). The van der Waals surface area contributed by atoms with Crippen LogP contribution in [0.5, 0.6) is 0 Å². The first-order valence-electron chi connectivity index (χ1n) is 8.89. The number of nitrogens with two attached hydrogens (primary N) is 1. The van der Waals surface area contributed by atoms with Crippen molar-refractivity contribution in [2.75, 3.05) is 25.1 Å². The molecule has 0 radical (unpaired) electrons. The van der Waals surface area contributed by atoms with Crippen LogP contribution in [0.3, 0.4) is 0 Å². The Hall–Kier alpha value is -2.12. The zero-order valence-electron chi connectivity index (χ0n) is 14.4. The highest BCUT2D eigenvalue weighted by molar-refractivity contribution is 5.89. The number of ether oxygens (including phenoxy) is 1. The quantitative estimate of drug-likeness (QED) is 0.798. The van der Waals surface area contributed by atoms with Crippen LogP contribution in [0.25, 0.3) is 10.9 Å². The summed E-state index contributed by atoms with van der Waals surface area (Å²) in [6.07, 6.45) is 4.68. The Morgan fingerprint density at radius 2 is 2.12 bits per heavy atom. The Bertz CT molecular complexity index is 836. The Kier molecular flexibility index (Phi) is 4.58. The lowest BCUT2D eigenvalue weighted by atomic mass is 9.93. The Morgan fingerprint density at radius 1 is 1.27 bits per heavy atom. The molecule has 0 spiro atoms. The van der Waals surface area contributed by atoms with Crippen molar-refractivity contribution in [1.29, 1.82) is 0 Å². The average Bonchev–Trinajstić information content (AvgIpc) is 2.64. The summed E-state index contributed by atoms with van der Waals surface area (Å²) in [4.78, 5) is 9.34. The molecule has 1 saturated heterocycles. The number of benzene rings is 1. The summed E-state index contributed by atoms with van der Waals surface area (Å²) in [7, 11) is 0. The lowest BCUT2D eigenvalue weighted by molar-refractivity contribution is -0.0461. The lowest BCUT2D eigenvalue weighted by Gasteiger charge is -2.38. The number of alkyl halides is 2. The van der Waals surface area contributed by atoms with Crippen LogP contribution >= 0.6 is 0 Å². The van der Waals surface area contributed by atoms with E-state index in [1.54, 1.807) is 6.07 Å². The monoisotopic (exact) mass is 360 g/mol. The van der Waals surface area contributed by atoms with Crippen molar-refractivity contribution < 1.29 is 13.5 Å². The van der Waals surface area contributed by atoms with Gasteiger partial charge < -0.3 is 15.8 Å². The first-order chi connectivity index (χ1) is 12.5. The van der Waals surface area contributed by atoms with Crippen LogP contribution in [0.4, 0.5) is 14.6 Å². The molecule has 1 fully saturated rings. The van der Waals surface area contributed by atoms with Crippen molar-refractivity contribution in [3.05, 3.63) is 41.7 Å². The van der Waals surface area contributed by atoms with Gasteiger partial charge in [-0.05, 0) is 31.4 Å². The predicted octanol–water partition coefficient (Wildman–Crippen LogP) is 3.53. The number of aromatic nitrogens is 2. The zero-order chi connectivity index (χ0) is 18.1. The maximum Gasteiger partial charge on any atom is 0.263 e. The van der Waals surface area contributed by atoms with Crippen molar-refractivity contribution in [2.45, 2.75) is 37.1 Å². The molecular weight excluding hydrogens is 338 g/mol. The van der Waals surface area contributed by atoms with Gasteiger partial charge in [-0.1, -0.05) is 18.2 Å². The number of halogens is 2. The molecular formula is C19H22F2N4O. The summed E-state index contributed by atoms with van der Waals surface area (Å²) in [6, 6.07) is 4.54. The van der Waals surface area contributed by atoms with Crippen LogP contribution in [-0.2, 0) is 4.74 Å². The summed E-state index contributed by atoms with van der Waals surface area (Å²) >= 11 is 0. The molecule has 5 nitrogen and oxygen atoms in total. The van der Waals surface area contributed by atoms with Crippen LogP contribution < -0.4 is 11.1 Å². The number of hydrogen-bond donors (Lipinski definition) is 2. The van der Waals surface area contributed by atoms with Gasteiger partial charge in [0, 0.05) is 23.4 Å². The molecule has 1 aliphatic carbocycles. The molecule has 1 atom stereocenters. The van der Waals surface area contributed by atoms with Gasteiger partial charge in [0.25, 0.3) is 6.43 Å². The lowest BCUT2D eigenvalue weighted by Crippen LogP contribution is -2.61. The highest BCUT2D eigenvalue weighted by Crippen LogP contribution is 2.32. The fourth-order valence-electron chi connectivity index (χ4n) is 3.37. The number of rotatable bonds is 5. The molecule has 1 unspecified atom stereocenters. The highest BCUT2D eigenvalue weighted by atomic mass is 19.3. The first-order valence-corrected chi connectivity index (χ1v) is 8.89. The summed E-state index contributed by atoms with van der Waals surface area (Å²) in [5, 5.41) is 3.86. The fourth-order valence-corrected chi connectivity index (χ4v) is 3.37. The first kappa shape index (κ1) is 17.3. The van der Waals surface area contributed by atoms with E-state index in [4.69, 9.17) is 10.5 Å². The summed E-state index contributed by atoms with van der Waals surface area (Å²) < 4.78 is 31.4. The van der Waals surface area contributed by atoms with E-state index in [2.05, 4.69) is 27.4 Å². The van der Waals surface area contributed by atoms with E-state index in [-0.39, 0.29) is 11.5 Å². The van der Waals surface area contributed by atoms with E-state index < -0.39 is 12.0 Å². The van der Waals surface area contributed by atoms with Gasteiger partial charge in [-0.3, -0.25) is 0 Å². The number of hydrogen-bond acceptors (Lipinski definition) is 5. The van der Waals surface area contributed by atoms with Gasteiger partial charge in [-0.25, -0.2) is 18.7 Å². The SMILES string of the molecule is NC1(CNc2nc(C3CC=CCC3)nc3ccc(C(F)F)cc23)COC1. The van der Waals surface area contributed by atoms with Crippen molar-refractivity contribution in [3.63, 3.8) is 0 Å². The maximum atomic E-state index is 13.1. The fraction of sp³-hybridized carbons (Fsp3) is 0.474. The second kappa shape index (κ2) is 6.89. The number of allylic oxidation sites excluding steroid dienone is 2. The summed E-state index contributed by atoms with van der Waals surface area (Å²) in [5.41, 5.74) is 6.39. The van der Waals surface area contributed by atoms with Crippen LogP contribution in [0.1, 0.15) is 43.0 Å². The van der Waals surface area contributed by atoms with Crippen LogP contribution in [0, 0.1) is 0 Å². The molecule has 1 aromatic heterocycles. The summed E-state index contributed by atoms with van der Waals surface area (Å²) in [5.74, 6) is 1.57. The normalized spacial score (nSPS) is 21.8. The molecule has 2 aromatic rings. The summed E-state index contributed by atoms with van der Waals surface area (Å²) in [6.45, 7) is 1.43. The molecule has 2 aliphatic rings. The van der Waals surface area contributed by atoms with E-state index >= 15 is 0 Å². The molecule has 138 valence electrons. The molecule has 0 amide bonds. The third kappa shape index (κ3) is 3.41. The smallest absolute Gasteiger partial charge is 0.263 e. The molecule has 26 heavy (non-hydrogen) atoms. The average molecular weight is 360 g/mol. The second-order valence-electron chi connectivity index (χ2n) is 7.20. The van der Waals surface area contributed by atoms with Crippen molar-refractivity contribution in [1.82, 2.24) is 9.97 Å². The minimum absolute atomic E-state index is 0.0352. The van der Waals surface area contributed by atoms with Gasteiger partial charge in [0.15, 0.2) is 0 Å². The van der Waals surface area contributed by atoms with Gasteiger partial charge >= 0.3 is 0 Å².